The zero-order valence-electron chi connectivity index (χ0n) is 18.0. The van der Waals surface area contributed by atoms with Gasteiger partial charge in [-0.15, -0.1) is 0 Å². The van der Waals surface area contributed by atoms with Crippen molar-refractivity contribution >= 4 is 5.91 Å². The Labute approximate surface area is 185 Å². The average Bonchev–Trinajstić information content (AvgIpc) is 2.79. The van der Waals surface area contributed by atoms with Gasteiger partial charge >= 0.3 is 0 Å². The van der Waals surface area contributed by atoms with Crippen molar-refractivity contribution in [1.29, 1.82) is 0 Å². The molecule has 0 spiro atoms. The van der Waals surface area contributed by atoms with Crippen molar-refractivity contribution in [3.63, 3.8) is 0 Å². The Hall–Kier alpha value is -3.94. The average molecular weight is 439 g/mol. The summed E-state index contributed by atoms with van der Waals surface area (Å²) in [7, 11) is 2.98. The third-order valence-corrected chi connectivity index (χ3v) is 5.03. The first-order chi connectivity index (χ1) is 15.3. The van der Waals surface area contributed by atoms with Crippen molar-refractivity contribution < 1.29 is 28.9 Å². The van der Waals surface area contributed by atoms with Crippen LogP contribution in [0, 0.1) is 6.92 Å². The van der Waals surface area contributed by atoms with E-state index in [1.807, 2.05) is 12.1 Å². The van der Waals surface area contributed by atoms with Gasteiger partial charge in [0.1, 0.15) is 11.5 Å². The van der Waals surface area contributed by atoms with Gasteiger partial charge in [0.2, 0.25) is 17.1 Å². The minimum atomic E-state index is -0.784. The molecule has 2 aromatic carbocycles. The fourth-order valence-corrected chi connectivity index (χ4v) is 3.34. The van der Waals surface area contributed by atoms with Crippen molar-refractivity contribution in [1.82, 2.24) is 5.32 Å². The minimum Gasteiger partial charge on any atom is -0.504 e. The van der Waals surface area contributed by atoms with E-state index in [0.717, 1.165) is 5.56 Å². The lowest BCUT2D eigenvalue weighted by molar-refractivity contribution is -0.121. The standard InChI is InChI=1S/C24H25NO7/c1-14-10-20(27)23(29)24(32-14)18(16-6-9-19(26)21(11-16)31-3)12-22(28)25-13-15-4-7-17(30-2)8-5-15/h4-11,18,26,29H,12-13H2,1-3H3,(H,25,28)/t18-/m1/s1. The normalized spacial score (nSPS) is 11.6. The molecular weight excluding hydrogens is 414 g/mol. The highest BCUT2D eigenvalue weighted by atomic mass is 16.5. The molecule has 1 heterocycles. The summed E-state index contributed by atoms with van der Waals surface area (Å²) in [6.45, 7) is 1.88. The molecule has 3 aromatic rings. The lowest BCUT2D eigenvalue weighted by Crippen LogP contribution is -2.25. The maximum Gasteiger partial charge on any atom is 0.227 e. The summed E-state index contributed by atoms with van der Waals surface area (Å²) in [4.78, 5) is 24.9. The molecule has 168 valence electrons. The summed E-state index contributed by atoms with van der Waals surface area (Å²) in [5, 5.41) is 23.1. The van der Waals surface area contributed by atoms with Gasteiger partial charge in [-0.2, -0.15) is 0 Å². The van der Waals surface area contributed by atoms with Gasteiger partial charge < -0.3 is 29.4 Å². The molecule has 0 radical (unpaired) electrons. The van der Waals surface area contributed by atoms with Crippen LogP contribution in [0.25, 0.3) is 0 Å². The van der Waals surface area contributed by atoms with Crippen LogP contribution >= 0.6 is 0 Å². The predicted molar refractivity (Wildman–Crippen MR) is 117 cm³/mol. The van der Waals surface area contributed by atoms with Crippen molar-refractivity contribution in [3.05, 3.63) is 81.4 Å². The van der Waals surface area contributed by atoms with Gasteiger partial charge in [0.25, 0.3) is 0 Å². The Morgan fingerprint density at radius 2 is 1.78 bits per heavy atom. The second kappa shape index (κ2) is 9.91. The second-order valence-corrected chi connectivity index (χ2v) is 7.25. The van der Waals surface area contributed by atoms with E-state index in [2.05, 4.69) is 5.32 Å². The molecule has 1 amide bonds. The summed E-state index contributed by atoms with van der Waals surface area (Å²) >= 11 is 0. The highest BCUT2D eigenvalue weighted by Gasteiger charge is 2.26. The van der Waals surface area contributed by atoms with Crippen LogP contribution < -0.4 is 20.2 Å². The SMILES string of the molecule is COc1ccc(CNC(=O)C[C@H](c2ccc(O)c(OC)c2)c2oc(C)cc(=O)c2O)cc1. The van der Waals surface area contributed by atoms with Crippen LogP contribution in [0.15, 0.2) is 57.7 Å². The Morgan fingerprint density at radius 1 is 1.06 bits per heavy atom. The van der Waals surface area contributed by atoms with Gasteiger partial charge in [-0.3, -0.25) is 9.59 Å². The Kier molecular flexibility index (Phi) is 7.04. The van der Waals surface area contributed by atoms with Crippen LogP contribution in [0.5, 0.6) is 23.0 Å². The Balaban J connectivity index is 1.89. The van der Waals surface area contributed by atoms with Gasteiger partial charge in [-0.05, 0) is 42.3 Å². The number of methoxy groups -OCH3 is 2. The molecular formula is C24H25NO7. The summed E-state index contributed by atoms with van der Waals surface area (Å²) in [5.74, 6) is -0.551. The third kappa shape index (κ3) is 5.21. The van der Waals surface area contributed by atoms with Crippen LogP contribution in [0.2, 0.25) is 0 Å². The van der Waals surface area contributed by atoms with E-state index in [1.165, 1.54) is 19.2 Å². The van der Waals surface area contributed by atoms with Crippen LogP contribution in [0.3, 0.4) is 0 Å². The predicted octanol–water partition coefficient (Wildman–Crippen LogP) is 3.22. The number of ether oxygens (including phenoxy) is 2. The van der Waals surface area contributed by atoms with Gasteiger partial charge in [0.15, 0.2) is 17.3 Å². The molecule has 0 bridgehead atoms. The molecule has 32 heavy (non-hydrogen) atoms. The van der Waals surface area contributed by atoms with Gasteiger partial charge in [0.05, 0.1) is 20.1 Å². The Bertz CT molecular complexity index is 1150. The number of aromatic hydroxyl groups is 2. The molecule has 0 fully saturated rings. The maximum absolute atomic E-state index is 12.8. The lowest BCUT2D eigenvalue weighted by atomic mass is 9.91. The minimum absolute atomic E-state index is 0.0256. The van der Waals surface area contributed by atoms with E-state index in [1.54, 1.807) is 38.3 Å². The number of benzene rings is 2. The third-order valence-electron chi connectivity index (χ3n) is 5.03. The summed E-state index contributed by atoms with van der Waals surface area (Å²) in [5.41, 5.74) is 0.813. The molecule has 0 aliphatic rings. The molecule has 8 heteroatoms. The number of carbonyl (C=O) groups is 1. The molecule has 8 nitrogen and oxygen atoms in total. The van der Waals surface area contributed by atoms with E-state index in [0.29, 0.717) is 17.1 Å². The van der Waals surface area contributed by atoms with Gasteiger partial charge in [-0.1, -0.05) is 18.2 Å². The van der Waals surface area contributed by atoms with E-state index in [-0.39, 0.29) is 36.1 Å². The number of hydrogen-bond acceptors (Lipinski definition) is 7. The van der Waals surface area contributed by atoms with E-state index >= 15 is 0 Å². The number of nitrogens with one attached hydrogen (secondary N) is 1. The molecule has 0 aliphatic carbocycles. The van der Waals surface area contributed by atoms with Crippen LogP contribution in [0.1, 0.15) is 35.0 Å². The van der Waals surface area contributed by atoms with E-state index in [9.17, 15) is 19.8 Å². The molecule has 1 aromatic heterocycles. The number of amides is 1. The summed E-state index contributed by atoms with van der Waals surface area (Å²) < 4.78 is 15.9. The van der Waals surface area contributed by atoms with E-state index < -0.39 is 17.1 Å². The Morgan fingerprint density at radius 3 is 2.44 bits per heavy atom. The monoisotopic (exact) mass is 439 g/mol. The fraction of sp³-hybridized carbons (Fsp3) is 0.250. The first-order valence-electron chi connectivity index (χ1n) is 9.92. The molecule has 3 rings (SSSR count). The van der Waals surface area contributed by atoms with Gasteiger partial charge in [-0.25, -0.2) is 0 Å². The van der Waals surface area contributed by atoms with Crippen molar-refractivity contribution in [2.45, 2.75) is 25.8 Å². The first-order valence-corrected chi connectivity index (χ1v) is 9.92. The topological polar surface area (TPSA) is 118 Å². The van der Waals surface area contributed by atoms with Crippen LogP contribution in [-0.4, -0.2) is 30.3 Å². The van der Waals surface area contributed by atoms with Crippen LogP contribution in [0.4, 0.5) is 0 Å². The molecule has 0 aliphatic heterocycles. The van der Waals surface area contributed by atoms with Crippen LogP contribution in [-0.2, 0) is 11.3 Å². The smallest absolute Gasteiger partial charge is 0.227 e. The number of rotatable bonds is 8. The second-order valence-electron chi connectivity index (χ2n) is 7.25. The first kappa shape index (κ1) is 22.7. The van der Waals surface area contributed by atoms with Crippen molar-refractivity contribution in [3.8, 4) is 23.0 Å². The zero-order chi connectivity index (χ0) is 23.3. The van der Waals surface area contributed by atoms with Gasteiger partial charge in [0, 0.05) is 19.0 Å². The fourth-order valence-electron chi connectivity index (χ4n) is 3.34. The quantitative estimate of drug-likeness (QED) is 0.493. The highest BCUT2D eigenvalue weighted by molar-refractivity contribution is 5.77. The maximum atomic E-state index is 12.8. The number of carbonyl (C=O) groups excluding carboxylic acids is 1. The summed E-state index contributed by atoms with van der Waals surface area (Å²) in [6, 6.07) is 13.0. The van der Waals surface area contributed by atoms with Crippen molar-refractivity contribution in [2.24, 2.45) is 0 Å². The number of phenols is 1. The summed E-state index contributed by atoms with van der Waals surface area (Å²) in [6.07, 6.45) is -0.107. The largest absolute Gasteiger partial charge is 0.504 e. The molecule has 3 N–H and O–H groups in total. The lowest BCUT2D eigenvalue weighted by Gasteiger charge is -2.19. The number of hydrogen-bond donors (Lipinski definition) is 3. The number of aryl methyl sites for hydroxylation is 1. The highest BCUT2D eigenvalue weighted by Crippen LogP contribution is 2.37. The molecule has 1 atom stereocenters. The molecule has 0 unspecified atom stereocenters. The number of phenolic OH excluding ortho intramolecular Hbond substituents is 1. The molecule has 0 saturated carbocycles. The van der Waals surface area contributed by atoms with E-state index in [4.69, 9.17) is 13.9 Å². The van der Waals surface area contributed by atoms with Crippen molar-refractivity contribution in [2.75, 3.05) is 14.2 Å². The molecule has 0 saturated heterocycles. The zero-order valence-corrected chi connectivity index (χ0v) is 18.0.